The fourth-order valence-electron chi connectivity index (χ4n) is 2.39. The highest BCUT2D eigenvalue weighted by atomic mass is 16.3. The van der Waals surface area contributed by atoms with Crippen molar-refractivity contribution in [3.05, 3.63) is 12.3 Å². The first-order valence-corrected chi connectivity index (χ1v) is 8.86. The van der Waals surface area contributed by atoms with Gasteiger partial charge in [-0.25, -0.2) is 0 Å². The number of rotatable bonds is 15. The van der Waals surface area contributed by atoms with Crippen LogP contribution in [0.25, 0.3) is 0 Å². The van der Waals surface area contributed by atoms with Crippen LogP contribution in [0, 0.1) is 0 Å². The van der Waals surface area contributed by atoms with Crippen LogP contribution in [0.5, 0.6) is 0 Å². The van der Waals surface area contributed by atoms with Crippen LogP contribution in [0.1, 0.15) is 97.3 Å². The number of hydrogen-bond acceptors (Lipinski definition) is 2. The van der Waals surface area contributed by atoms with Crippen LogP contribution in [-0.4, -0.2) is 11.3 Å². The number of aliphatic hydroxyl groups excluding tert-OH is 1. The van der Waals surface area contributed by atoms with Crippen LogP contribution < -0.4 is 5.32 Å². The van der Waals surface area contributed by atoms with Crippen molar-refractivity contribution in [3.8, 4) is 0 Å². The van der Waals surface area contributed by atoms with Gasteiger partial charge in [0.1, 0.15) is 6.23 Å². The first-order chi connectivity index (χ1) is 9.77. The SMILES string of the molecule is CCCCCCCCCCCCCCC=CNC(C)O. The Labute approximate surface area is 127 Å². The predicted molar refractivity (Wildman–Crippen MR) is 89.7 cm³/mol. The smallest absolute Gasteiger partial charge is 0.121 e. The minimum atomic E-state index is -0.437. The number of nitrogens with one attached hydrogen (secondary N) is 1. The second kappa shape index (κ2) is 16.6. The lowest BCUT2D eigenvalue weighted by Crippen LogP contribution is -2.18. The summed E-state index contributed by atoms with van der Waals surface area (Å²) in [5.41, 5.74) is 0. The van der Waals surface area contributed by atoms with Crippen LogP contribution in [0.4, 0.5) is 0 Å². The van der Waals surface area contributed by atoms with Crippen LogP contribution in [0.15, 0.2) is 12.3 Å². The average Bonchev–Trinajstić information content (AvgIpc) is 2.43. The third kappa shape index (κ3) is 17.5. The van der Waals surface area contributed by atoms with E-state index in [1.807, 2.05) is 6.20 Å². The number of unbranched alkanes of at least 4 members (excludes halogenated alkanes) is 12. The van der Waals surface area contributed by atoms with Gasteiger partial charge < -0.3 is 10.4 Å². The fourth-order valence-corrected chi connectivity index (χ4v) is 2.39. The lowest BCUT2D eigenvalue weighted by Gasteiger charge is -2.03. The molecular weight excluding hydrogens is 246 g/mol. The van der Waals surface area contributed by atoms with Gasteiger partial charge in [-0.05, 0) is 26.0 Å². The molecule has 2 heteroatoms. The molecule has 0 amide bonds. The Morgan fingerprint density at radius 2 is 1.25 bits per heavy atom. The molecule has 20 heavy (non-hydrogen) atoms. The van der Waals surface area contributed by atoms with Gasteiger partial charge in [-0.2, -0.15) is 0 Å². The van der Waals surface area contributed by atoms with Crippen molar-refractivity contribution in [2.75, 3.05) is 0 Å². The Bertz CT molecular complexity index is 202. The van der Waals surface area contributed by atoms with E-state index in [2.05, 4.69) is 18.3 Å². The summed E-state index contributed by atoms with van der Waals surface area (Å²) in [6, 6.07) is 0. The van der Waals surface area contributed by atoms with Crippen LogP contribution in [0.3, 0.4) is 0 Å². The molecule has 1 unspecified atom stereocenters. The minimum Gasteiger partial charge on any atom is -0.374 e. The Hall–Kier alpha value is -0.500. The summed E-state index contributed by atoms with van der Waals surface area (Å²) in [7, 11) is 0. The second-order valence-electron chi connectivity index (χ2n) is 5.92. The first kappa shape index (κ1) is 19.5. The van der Waals surface area contributed by atoms with E-state index in [9.17, 15) is 0 Å². The molecule has 0 saturated carbocycles. The molecule has 0 aromatic rings. The van der Waals surface area contributed by atoms with Gasteiger partial charge in [0.25, 0.3) is 0 Å². The normalized spacial score (nSPS) is 12.9. The lowest BCUT2D eigenvalue weighted by atomic mass is 10.0. The third-order valence-corrected chi connectivity index (χ3v) is 3.68. The van der Waals surface area contributed by atoms with E-state index >= 15 is 0 Å². The summed E-state index contributed by atoms with van der Waals surface area (Å²) in [4.78, 5) is 0. The average molecular weight is 284 g/mol. The molecule has 1 atom stereocenters. The van der Waals surface area contributed by atoms with Crippen molar-refractivity contribution in [3.63, 3.8) is 0 Å². The van der Waals surface area contributed by atoms with E-state index < -0.39 is 6.23 Å². The van der Waals surface area contributed by atoms with Gasteiger partial charge in [0.05, 0.1) is 0 Å². The van der Waals surface area contributed by atoms with Gasteiger partial charge in [0.2, 0.25) is 0 Å². The standard InChI is InChI=1S/C18H37NO/c1-3-4-5-6-7-8-9-10-11-12-13-14-15-16-17-19-18(2)20/h16-20H,3-15H2,1-2H3. The van der Waals surface area contributed by atoms with E-state index in [1.165, 1.54) is 77.0 Å². The number of allylic oxidation sites excluding steroid dienone is 1. The summed E-state index contributed by atoms with van der Waals surface area (Å²) < 4.78 is 0. The summed E-state index contributed by atoms with van der Waals surface area (Å²) in [6.45, 7) is 4.01. The molecule has 0 aromatic heterocycles. The van der Waals surface area contributed by atoms with Crippen LogP contribution in [0.2, 0.25) is 0 Å². The molecule has 0 fully saturated rings. The quantitative estimate of drug-likeness (QED) is 0.306. The molecule has 0 rings (SSSR count). The Kier molecular flexibility index (Phi) is 16.1. The maximum absolute atomic E-state index is 8.99. The van der Waals surface area contributed by atoms with Crippen molar-refractivity contribution in [1.29, 1.82) is 0 Å². The van der Waals surface area contributed by atoms with Crippen molar-refractivity contribution in [1.82, 2.24) is 5.32 Å². The van der Waals surface area contributed by atoms with E-state index in [-0.39, 0.29) is 0 Å². The van der Waals surface area contributed by atoms with Gasteiger partial charge in [0, 0.05) is 0 Å². The monoisotopic (exact) mass is 283 g/mol. The summed E-state index contributed by atoms with van der Waals surface area (Å²) >= 11 is 0. The summed E-state index contributed by atoms with van der Waals surface area (Å²) in [5.74, 6) is 0. The van der Waals surface area contributed by atoms with Gasteiger partial charge in [-0.15, -0.1) is 0 Å². The zero-order chi connectivity index (χ0) is 14.9. The van der Waals surface area contributed by atoms with Gasteiger partial charge in [0.15, 0.2) is 0 Å². The van der Waals surface area contributed by atoms with E-state index in [0.29, 0.717) is 0 Å². The zero-order valence-electron chi connectivity index (χ0n) is 13.9. The van der Waals surface area contributed by atoms with Gasteiger partial charge >= 0.3 is 0 Å². The molecule has 0 aliphatic carbocycles. The van der Waals surface area contributed by atoms with Crippen molar-refractivity contribution >= 4 is 0 Å². The Balaban J connectivity index is 3.01. The topological polar surface area (TPSA) is 32.3 Å². The predicted octanol–water partition coefficient (Wildman–Crippen LogP) is 5.52. The number of aliphatic hydroxyl groups is 1. The highest BCUT2D eigenvalue weighted by Gasteiger charge is 1.93. The largest absolute Gasteiger partial charge is 0.374 e. The molecule has 2 N–H and O–H groups in total. The lowest BCUT2D eigenvalue weighted by molar-refractivity contribution is 0.173. The molecule has 120 valence electrons. The molecule has 2 nitrogen and oxygen atoms in total. The Morgan fingerprint density at radius 1 is 0.800 bits per heavy atom. The minimum absolute atomic E-state index is 0.437. The molecule has 0 heterocycles. The van der Waals surface area contributed by atoms with Crippen molar-refractivity contribution in [2.24, 2.45) is 0 Å². The maximum atomic E-state index is 8.99. The fraction of sp³-hybridized carbons (Fsp3) is 0.889. The molecule has 0 saturated heterocycles. The zero-order valence-corrected chi connectivity index (χ0v) is 13.9. The molecule has 0 bridgehead atoms. The Morgan fingerprint density at radius 3 is 1.70 bits per heavy atom. The highest BCUT2D eigenvalue weighted by molar-refractivity contribution is 4.79. The molecule has 0 aromatic carbocycles. The van der Waals surface area contributed by atoms with Crippen LogP contribution in [-0.2, 0) is 0 Å². The molecule has 0 aliphatic rings. The van der Waals surface area contributed by atoms with Gasteiger partial charge in [-0.3, -0.25) is 0 Å². The van der Waals surface area contributed by atoms with E-state index in [0.717, 1.165) is 6.42 Å². The van der Waals surface area contributed by atoms with Crippen molar-refractivity contribution < 1.29 is 5.11 Å². The molecule has 0 aliphatic heterocycles. The maximum Gasteiger partial charge on any atom is 0.121 e. The summed E-state index contributed by atoms with van der Waals surface area (Å²) in [6.07, 6.45) is 21.5. The van der Waals surface area contributed by atoms with E-state index in [1.54, 1.807) is 6.92 Å². The second-order valence-corrected chi connectivity index (χ2v) is 5.92. The molecule has 0 spiro atoms. The molecular formula is C18H37NO. The number of hydrogen-bond donors (Lipinski definition) is 2. The highest BCUT2D eigenvalue weighted by Crippen LogP contribution is 2.12. The third-order valence-electron chi connectivity index (χ3n) is 3.68. The van der Waals surface area contributed by atoms with E-state index in [4.69, 9.17) is 5.11 Å². The van der Waals surface area contributed by atoms with Crippen LogP contribution >= 0.6 is 0 Å². The molecule has 0 radical (unpaired) electrons. The van der Waals surface area contributed by atoms with Crippen molar-refractivity contribution in [2.45, 2.75) is 104 Å². The summed E-state index contributed by atoms with van der Waals surface area (Å²) in [5, 5.41) is 11.9. The first-order valence-electron chi connectivity index (χ1n) is 8.86. The van der Waals surface area contributed by atoms with Gasteiger partial charge in [-0.1, -0.05) is 83.6 Å².